The van der Waals surface area contributed by atoms with E-state index < -0.39 is 61.9 Å². The third-order valence-electron chi connectivity index (χ3n) is 3.57. The molecule has 2 aliphatic rings. The molecule has 0 saturated carbocycles. The van der Waals surface area contributed by atoms with Crippen molar-refractivity contribution in [2.75, 3.05) is 13.2 Å². The average molecular weight is 312 g/mol. The lowest BCUT2D eigenvalue weighted by Crippen LogP contribution is -2.62. The van der Waals surface area contributed by atoms with Gasteiger partial charge in [-0.2, -0.15) is 0 Å². The fourth-order valence-electron chi connectivity index (χ4n) is 2.21. The molecule has 0 unspecified atom stereocenters. The van der Waals surface area contributed by atoms with Gasteiger partial charge in [-0.15, -0.1) is 0 Å². The van der Waals surface area contributed by atoms with Gasteiger partial charge in [0.15, 0.2) is 12.6 Å². The van der Waals surface area contributed by atoms with Crippen LogP contribution in [0.15, 0.2) is 0 Å². The van der Waals surface area contributed by atoms with Gasteiger partial charge in [0.05, 0.1) is 13.2 Å². The molecule has 0 aromatic heterocycles. The smallest absolute Gasteiger partial charge is 0.189 e. The quantitative estimate of drug-likeness (QED) is 0.268. The average Bonchev–Trinajstić information content (AvgIpc) is 2.48. The van der Waals surface area contributed by atoms with Crippen LogP contribution in [-0.2, 0) is 14.2 Å². The number of ether oxygens (including phenoxy) is 3. The van der Waals surface area contributed by atoms with E-state index in [1.54, 1.807) is 0 Å². The maximum Gasteiger partial charge on any atom is 0.189 e. The molecule has 2 rings (SSSR count). The number of aliphatic hydroxyl groups is 7. The Morgan fingerprint density at radius 2 is 1.43 bits per heavy atom. The van der Waals surface area contributed by atoms with E-state index in [0.717, 1.165) is 0 Å². The van der Waals surface area contributed by atoms with Crippen LogP contribution in [-0.4, -0.2) is 104 Å². The van der Waals surface area contributed by atoms with Crippen LogP contribution in [0.3, 0.4) is 0 Å². The zero-order chi connectivity index (χ0) is 15.7. The molecule has 21 heavy (non-hydrogen) atoms. The van der Waals surface area contributed by atoms with Gasteiger partial charge in [0.1, 0.15) is 42.7 Å². The Morgan fingerprint density at radius 3 is 2.05 bits per heavy atom. The first kappa shape index (κ1) is 17.0. The van der Waals surface area contributed by atoms with Crippen molar-refractivity contribution in [2.45, 2.75) is 55.3 Å². The summed E-state index contributed by atoms with van der Waals surface area (Å²) in [6, 6.07) is 0. The Morgan fingerprint density at radius 1 is 0.810 bits per heavy atom. The van der Waals surface area contributed by atoms with Gasteiger partial charge >= 0.3 is 0 Å². The summed E-state index contributed by atoms with van der Waals surface area (Å²) in [6.45, 7) is -0.930. The van der Waals surface area contributed by atoms with E-state index in [0.29, 0.717) is 0 Å². The van der Waals surface area contributed by atoms with Gasteiger partial charge in [-0.05, 0) is 0 Å². The molecule has 124 valence electrons. The number of aliphatic hydroxyl groups excluding tert-OH is 7. The summed E-state index contributed by atoms with van der Waals surface area (Å²) in [5.74, 6) is 0. The molecular formula is C11H20O10. The fourth-order valence-corrected chi connectivity index (χ4v) is 2.21. The van der Waals surface area contributed by atoms with Gasteiger partial charge < -0.3 is 50.0 Å². The second kappa shape index (κ2) is 6.79. The van der Waals surface area contributed by atoms with Crippen molar-refractivity contribution in [1.82, 2.24) is 0 Å². The molecule has 2 saturated heterocycles. The number of rotatable bonds is 3. The molecule has 0 radical (unpaired) electrons. The van der Waals surface area contributed by atoms with E-state index in [2.05, 4.69) is 0 Å². The summed E-state index contributed by atoms with van der Waals surface area (Å²) in [4.78, 5) is 0. The summed E-state index contributed by atoms with van der Waals surface area (Å²) >= 11 is 0. The summed E-state index contributed by atoms with van der Waals surface area (Å²) in [6.07, 6.45) is -13.3. The van der Waals surface area contributed by atoms with Gasteiger partial charge in [0.25, 0.3) is 0 Å². The van der Waals surface area contributed by atoms with Crippen molar-refractivity contribution in [1.29, 1.82) is 0 Å². The lowest BCUT2D eigenvalue weighted by molar-refractivity contribution is -0.365. The van der Waals surface area contributed by atoms with E-state index >= 15 is 0 Å². The van der Waals surface area contributed by atoms with Crippen molar-refractivity contribution < 1.29 is 50.0 Å². The molecule has 10 nitrogen and oxygen atoms in total. The Labute approximate surface area is 119 Å². The van der Waals surface area contributed by atoms with Crippen molar-refractivity contribution in [3.05, 3.63) is 0 Å². The molecule has 0 aromatic rings. The molecule has 0 bridgehead atoms. The minimum Gasteiger partial charge on any atom is -0.394 e. The van der Waals surface area contributed by atoms with E-state index in [-0.39, 0.29) is 6.61 Å². The highest BCUT2D eigenvalue weighted by molar-refractivity contribution is 4.90. The molecular weight excluding hydrogens is 292 g/mol. The largest absolute Gasteiger partial charge is 0.394 e. The first-order valence-corrected chi connectivity index (χ1v) is 6.48. The first-order valence-electron chi connectivity index (χ1n) is 6.48. The SMILES string of the molecule is OC[C@H]1O[C@@H](O[C@H]2OC[C@@H](O)[C@H](O)[C@H]2O)[C@H](O)[C@@H](O)[C@@H]1O. The van der Waals surface area contributed by atoms with E-state index in [1.807, 2.05) is 0 Å². The fraction of sp³-hybridized carbons (Fsp3) is 1.00. The van der Waals surface area contributed by atoms with E-state index in [4.69, 9.17) is 19.3 Å². The molecule has 0 aromatic carbocycles. The molecule has 7 N–H and O–H groups in total. The summed E-state index contributed by atoms with van der Waals surface area (Å²) in [7, 11) is 0. The Balaban J connectivity index is 2.01. The molecule has 9 atom stereocenters. The zero-order valence-corrected chi connectivity index (χ0v) is 11.0. The van der Waals surface area contributed by atoms with E-state index in [1.165, 1.54) is 0 Å². The minimum absolute atomic E-state index is 0.305. The standard InChI is InChI=1S/C11H20O10/c12-1-4-6(15)7(16)9(18)11(20-4)21-10-8(17)5(14)3(13)2-19-10/h3-18H,1-2H2/t3-,4-,5+,6-,7+,8-,9-,10-,11+/m1/s1. The summed E-state index contributed by atoms with van der Waals surface area (Å²) in [5, 5.41) is 66.5. The second-order valence-electron chi connectivity index (χ2n) is 5.08. The van der Waals surface area contributed by atoms with Crippen LogP contribution >= 0.6 is 0 Å². The van der Waals surface area contributed by atoms with Crippen LogP contribution in [0.5, 0.6) is 0 Å². The molecule has 0 spiro atoms. The van der Waals surface area contributed by atoms with E-state index in [9.17, 15) is 30.6 Å². The molecule has 2 fully saturated rings. The summed E-state index contributed by atoms with van der Waals surface area (Å²) < 4.78 is 15.2. The normalized spacial score (nSPS) is 51.9. The lowest BCUT2D eigenvalue weighted by atomic mass is 9.99. The highest BCUT2D eigenvalue weighted by Crippen LogP contribution is 2.25. The van der Waals surface area contributed by atoms with Crippen molar-refractivity contribution in [3.8, 4) is 0 Å². The van der Waals surface area contributed by atoms with Crippen LogP contribution < -0.4 is 0 Å². The predicted octanol–water partition coefficient (Wildman–Crippen LogP) is -4.76. The van der Waals surface area contributed by atoms with Gasteiger partial charge in [-0.25, -0.2) is 0 Å². The molecule has 0 amide bonds. The number of hydrogen-bond acceptors (Lipinski definition) is 10. The highest BCUT2D eigenvalue weighted by atomic mass is 16.8. The van der Waals surface area contributed by atoms with Crippen LogP contribution in [0.25, 0.3) is 0 Å². The molecule has 2 aliphatic heterocycles. The van der Waals surface area contributed by atoms with Crippen molar-refractivity contribution in [3.63, 3.8) is 0 Å². The molecule has 10 heteroatoms. The summed E-state index contributed by atoms with van der Waals surface area (Å²) in [5.41, 5.74) is 0. The molecule has 0 aliphatic carbocycles. The van der Waals surface area contributed by atoms with Gasteiger partial charge in [-0.1, -0.05) is 0 Å². The third kappa shape index (κ3) is 3.35. The monoisotopic (exact) mass is 312 g/mol. The van der Waals surface area contributed by atoms with Crippen LogP contribution in [0.1, 0.15) is 0 Å². The Kier molecular flexibility index (Phi) is 5.48. The topological polar surface area (TPSA) is 169 Å². The van der Waals surface area contributed by atoms with Gasteiger partial charge in [-0.3, -0.25) is 0 Å². The lowest BCUT2D eigenvalue weighted by Gasteiger charge is -2.42. The Bertz CT molecular complexity index is 339. The van der Waals surface area contributed by atoms with Crippen LogP contribution in [0.4, 0.5) is 0 Å². The Hall–Kier alpha value is -0.400. The van der Waals surface area contributed by atoms with Crippen LogP contribution in [0, 0.1) is 0 Å². The molecule has 2 heterocycles. The minimum atomic E-state index is -1.65. The number of hydrogen-bond donors (Lipinski definition) is 7. The zero-order valence-electron chi connectivity index (χ0n) is 11.0. The van der Waals surface area contributed by atoms with Gasteiger partial charge in [0.2, 0.25) is 0 Å². The van der Waals surface area contributed by atoms with Gasteiger partial charge in [0, 0.05) is 0 Å². The maximum atomic E-state index is 9.77. The maximum absolute atomic E-state index is 9.77. The third-order valence-corrected chi connectivity index (χ3v) is 3.57. The predicted molar refractivity (Wildman–Crippen MR) is 62.6 cm³/mol. The second-order valence-corrected chi connectivity index (χ2v) is 5.08. The first-order chi connectivity index (χ1) is 9.86. The highest BCUT2D eigenvalue weighted by Gasteiger charge is 2.47. The van der Waals surface area contributed by atoms with Crippen LogP contribution in [0.2, 0.25) is 0 Å². The van der Waals surface area contributed by atoms with Crippen molar-refractivity contribution in [2.24, 2.45) is 0 Å². The van der Waals surface area contributed by atoms with Crippen molar-refractivity contribution >= 4 is 0 Å².